The SMILES string of the molecule is N#Cc1cccc(-c2nnc(N3CCC4(CCCCC4)CC3)n2C2CCOC2)c1. The Labute approximate surface area is 172 Å². The number of piperidine rings is 1. The van der Waals surface area contributed by atoms with Crippen LogP contribution in [0.4, 0.5) is 5.95 Å². The van der Waals surface area contributed by atoms with Gasteiger partial charge in [0.2, 0.25) is 5.95 Å². The van der Waals surface area contributed by atoms with Crippen LogP contribution in [0, 0.1) is 16.7 Å². The normalized spacial score (nSPS) is 24.0. The average molecular weight is 392 g/mol. The third-order valence-corrected chi connectivity index (χ3v) is 7.22. The van der Waals surface area contributed by atoms with Gasteiger partial charge in [0.25, 0.3) is 0 Å². The van der Waals surface area contributed by atoms with E-state index in [9.17, 15) is 5.26 Å². The minimum absolute atomic E-state index is 0.256. The number of nitriles is 1. The van der Waals surface area contributed by atoms with Crippen LogP contribution >= 0.6 is 0 Å². The van der Waals surface area contributed by atoms with E-state index >= 15 is 0 Å². The summed E-state index contributed by atoms with van der Waals surface area (Å²) in [4.78, 5) is 2.43. The van der Waals surface area contributed by atoms with Gasteiger partial charge in [0.1, 0.15) is 0 Å². The summed E-state index contributed by atoms with van der Waals surface area (Å²) in [6.45, 7) is 3.60. The zero-order chi connectivity index (χ0) is 19.7. The number of rotatable bonds is 3. The Bertz CT molecular complexity index is 892. The fraction of sp³-hybridized carbons (Fsp3) is 0.609. The summed E-state index contributed by atoms with van der Waals surface area (Å²) in [5.74, 6) is 1.83. The number of anilines is 1. The van der Waals surface area contributed by atoms with Crippen LogP contribution in [0.25, 0.3) is 11.4 Å². The molecule has 1 aromatic heterocycles. The van der Waals surface area contributed by atoms with Gasteiger partial charge in [-0.05, 0) is 49.7 Å². The van der Waals surface area contributed by atoms with Crippen molar-refractivity contribution in [2.75, 3.05) is 31.2 Å². The zero-order valence-electron chi connectivity index (χ0n) is 17.0. The number of ether oxygens (including phenoxy) is 1. The molecule has 1 unspecified atom stereocenters. The van der Waals surface area contributed by atoms with Crippen molar-refractivity contribution in [3.8, 4) is 17.5 Å². The summed E-state index contributed by atoms with van der Waals surface area (Å²) >= 11 is 0. The van der Waals surface area contributed by atoms with Crippen molar-refractivity contribution in [1.82, 2.24) is 14.8 Å². The standard InChI is InChI=1S/C23H29N5O/c24-16-18-5-4-6-19(15-18)21-25-26-22(28(21)20-7-14-29-17-20)27-12-10-23(11-13-27)8-2-1-3-9-23/h4-6,15,20H,1-3,7-14,17H2. The monoisotopic (exact) mass is 391 g/mol. The van der Waals surface area contributed by atoms with Crippen LogP contribution in [0.5, 0.6) is 0 Å². The van der Waals surface area contributed by atoms with Crippen LogP contribution in [0.2, 0.25) is 0 Å². The van der Waals surface area contributed by atoms with Crippen molar-refractivity contribution in [1.29, 1.82) is 5.26 Å². The molecule has 1 atom stereocenters. The third kappa shape index (κ3) is 3.53. The number of hydrogen-bond donors (Lipinski definition) is 0. The molecule has 1 aromatic carbocycles. The molecule has 2 aromatic rings. The molecular formula is C23H29N5O. The van der Waals surface area contributed by atoms with Gasteiger partial charge in [0.15, 0.2) is 5.82 Å². The maximum Gasteiger partial charge on any atom is 0.227 e. The number of nitrogens with zero attached hydrogens (tertiary/aromatic N) is 5. The second kappa shape index (κ2) is 7.79. The van der Waals surface area contributed by atoms with Crippen molar-refractivity contribution in [2.24, 2.45) is 5.41 Å². The molecule has 6 heteroatoms. The molecule has 0 N–H and O–H groups in total. The fourth-order valence-electron chi connectivity index (χ4n) is 5.47. The van der Waals surface area contributed by atoms with Gasteiger partial charge in [-0.25, -0.2) is 0 Å². The van der Waals surface area contributed by atoms with Crippen LogP contribution in [0.1, 0.15) is 63.0 Å². The zero-order valence-corrected chi connectivity index (χ0v) is 17.0. The van der Waals surface area contributed by atoms with Crippen LogP contribution in [0.3, 0.4) is 0 Å². The van der Waals surface area contributed by atoms with Crippen LogP contribution in [-0.4, -0.2) is 41.1 Å². The summed E-state index contributed by atoms with van der Waals surface area (Å²) in [5.41, 5.74) is 2.17. The first-order chi connectivity index (χ1) is 14.3. The number of hydrogen-bond acceptors (Lipinski definition) is 5. The van der Waals surface area contributed by atoms with Gasteiger partial charge in [-0.3, -0.25) is 4.57 Å². The maximum absolute atomic E-state index is 9.30. The molecule has 3 aliphatic rings. The van der Waals surface area contributed by atoms with Crippen molar-refractivity contribution in [3.05, 3.63) is 29.8 Å². The Kier molecular flexibility index (Phi) is 5.01. The molecule has 0 bridgehead atoms. The minimum Gasteiger partial charge on any atom is -0.379 e. The van der Waals surface area contributed by atoms with Crippen molar-refractivity contribution < 1.29 is 4.74 Å². The fourth-order valence-corrected chi connectivity index (χ4v) is 5.47. The highest BCUT2D eigenvalue weighted by atomic mass is 16.5. The summed E-state index contributed by atoms with van der Waals surface area (Å²) in [6.07, 6.45) is 10.5. The van der Waals surface area contributed by atoms with E-state index in [0.29, 0.717) is 17.6 Å². The highest BCUT2D eigenvalue weighted by molar-refractivity contribution is 5.60. The second-order valence-electron chi connectivity index (χ2n) is 8.95. The van der Waals surface area contributed by atoms with E-state index in [1.807, 2.05) is 24.3 Å². The third-order valence-electron chi connectivity index (χ3n) is 7.22. The Morgan fingerprint density at radius 3 is 2.62 bits per heavy atom. The summed E-state index contributed by atoms with van der Waals surface area (Å²) in [5, 5.41) is 18.5. The van der Waals surface area contributed by atoms with Gasteiger partial charge in [-0.1, -0.05) is 31.4 Å². The van der Waals surface area contributed by atoms with Gasteiger partial charge >= 0.3 is 0 Å². The lowest BCUT2D eigenvalue weighted by Crippen LogP contribution is -2.42. The molecule has 2 aliphatic heterocycles. The molecule has 6 nitrogen and oxygen atoms in total. The first-order valence-electron chi connectivity index (χ1n) is 11.1. The maximum atomic E-state index is 9.30. The van der Waals surface area contributed by atoms with Crippen LogP contribution < -0.4 is 4.90 Å². The predicted octanol–water partition coefficient (Wildman–Crippen LogP) is 4.33. The van der Waals surface area contributed by atoms with Gasteiger partial charge in [-0.15, -0.1) is 10.2 Å². The summed E-state index contributed by atoms with van der Waals surface area (Å²) < 4.78 is 7.98. The quantitative estimate of drug-likeness (QED) is 0.779. The Hall–Kier alpha value is -2.39. The molecule has 3 heterocycles. The van der Waals surface area contributed by atoms with E-state index in [2.05, 4.69) is 25.7 Å². The van der Waals surface area contributed by atoms with Crippen molar-refractivity contribution in [2.45, 2.75) is 57.4 Å². The van der Waals surface area contributed by atoms with E-state index in [1.165, 1.54) is 44.9 Å². The number of aromatic nitrogens is 3. The summed E-state index contributed by atoms with van der Waals surface area (Å²) in [7, 11) is 0. The molecule has 0 amide bonds. The lowest BCUT2D eigenvalue weighted by molar-refractivity contribution is 0.143. The van der Waals surface area contributed by atoms with E-state index in [4.69, 9.17) is 4.74 Å². The van der Waals surface area contributed by atoms with Crippen molar-refractivity contribution in [3.63, 3.8) is 0 Å². The Balaban J connectivity index is 1.46. The topological polar surface area (TPSA) is 67.0 Å². The average Bonchev–Trinajstić information content (AvgIpc) is 3.45. The molecule has 29 heavy (non-hydrogen) atoms. The van der Waals surface area contributed by atoms with Crippen LogP contribution in [-0.2, 0) is 4.74 Å². The van der Waals surface area contributed by atoms with Gasteiger partial charge < -0.3 is 9.64 Å². The second-order valence-corrected chi connectivity index (χ2v) is 8.95. The van der Waals surface area contributed by atoms with E-state index in [1.54, 1.807) is 0 Å². The number of benzene rings is 1. The first kappa shape index (κ1) is 18.6. The molecule has 152 valence electrons. The van der Waals surface area contributed by atoms with Crippen LogP contribution in [0.15, 0.2) is 24.3 Å². The largest absolute Gasteiger partial charge is 0.379 e. The van der Waals surface area contributed by atoms with E-state index in [-0.39, 0.29) is 6.04 Å². The van der Waals surface area contributed by atoms with Gasteiger partial charge in [0.05, 0.1) is 24.3 Å². The molecule has 1 saturated carbocycles. The first-order valence-corrected chi connectivity index (χ1v) is 11.1. The van der Waals surface area contributed by atoms with Gasteiger partial charge in [-0.2, -0.15) is 5.26 Å². The predicted molar refractivity (Wildman–Crippen MR) is 112 cm³/mol. The highest BCUT2D eigenvalue weighted by Gasteiger charge is 2.37. The summed E-state index contributed by atoms with van der Waals surface area (Å²) in [6, 6.07) is 10.2. The minimum atomic E-state index is 0.256. The Morgan fingerprint density at radius 1 is 1.07 bits per heavy atom. The molecule has 3 fully saturated rings. The Morgan fingerprint density at radius 2 is 1.90 bits per heavy atom. The molecular weight excluding hydrogens is 362 g/mol. The lowest BCUT2D eigenvalue weighted by atomic mass is 9.68. The molecule has 5 rings (SSSR count). The lowest BCUT2D eigenvalue weighted by Gasteiger charge is -2.44. The van der Waals surface area contributed by atoms with E-state index in [0.717, 1.165) is 43.5 Å². The van der Waals surface area contributed by atoms with Crippen molar-refractivity contribution >= 4 is 5.95 Å². The molecule has 1 spiro atoms. The molecule has 0 radical (unpaired) electrons. The molecule has 2 saturated heterocycles. The highest BCUT2D eigenvalue weighted by Crippen LogP contribution is 2.45. The smallest absolute Gasteiger partial charge is 0.227 e. The molecule has 1 aliphatic carbocycles. The van der Waals surface area contributed by atoms with E-state index < -0.39 is 0 Å². The van der Waals surface area contributed by atoms with Gasteiger partial charge in [0, 0.05) is 25.3 Å².